The van der Waals surface area contributed by atoms with E-state index in [0.29, 0.717) is 45.2 Å². The highest BCUT2D eigenvalue weighted by Gasteiger charge is 2.33. The highest BCUT2D eigenvalue weighted by molar-refractivity contribution is 5.97. The van der Waals surface area contributed by atoms with Crippen molar-refractivity contribution in [1.82, 2.24) is 37.2 Å². The van der Waals surface area contributed by atoms with Crippen molar-refractivity contribution >= 4 is 53.2 Å². The molecule has 0 bridgehead atoms. The Labute approximate surface area is 458 Å². The molecule has 0 saturated heterocycles. The summed E-state index contributed by atoms with van der Waals surface area (Å²) in [5.74, 6) is -5.90. The Hall–Kier alpha value is -5.87. The van der Waals surface area contributed by atoms with Gasteiger partial charge in [0.25, 0.3) is 0 Å². The number of unbranched alkanes of at least 4 members (excludes halogenated alkanes) is 14. The fourth-order valence-corrected chi connectivity index (χ4v) is 8.60. The highest BCUT2D eigenvalue weighted by Crippen LogP contribution is 2.14. The smallest absolute Gasteiger partial charge is 0.245 e. The minimum Gasteiger partial charge on any atom is -0.394 e. The van der Waals surface area contributed by atoms with Gasteiger partial charge in [-0.25, -0.2) is 0 Å². The van der Waals surface area contributed by atoms with Gasteiger partial charge in [0.1, 0.15) is 42.3 Å². The zero-order chi connectivity index (χ0) is 57.4. The SMILES string of the molecule is CCCCCCCCCCCCCCCC(=O)N[C@@H](CCCCN)C(=O)N[C@@H](CCCCN)C(=O)N[C@@H](CO)C(=O)N[C@@H](CCCN=C(N)N)C(=O)N[C@@H](C)C(=O)N[C@H](CC(C)C)C(=O)N[C@@H](Cc1ccccc1)C(N)=O. The van der Waals surface area contributed by atoms with Crippen LogP contribution in [0.15, 0.2) is 35.3 Å². The summed E-state index contributed by atoms with van der Waals surface area (Å²) in [7, 11) is 0. The summed E-state index contributed by atoms with van der Waals surface area (Å²) in [5, 5.41) is 28.9. The molecule has 0 aliphatic carbocycles. The molecule has 1 aromatic rings. The molecular weight excluding hydrogens is 987 g/mol. The Morgan fingerprint density at radius 2 is 0.922 bits per heavy atom. The maximum Gasteiger partial charge on any atom is 0.245 e. The maximum atomic E-state index is 13.9. The molecule has 8 amide bonds. The fourth-order valence-electron chi connectivity index (χ4n) is 8.60. The Kier molecular flexibility index (Phi) is 37.9. The highest BCUT2D eigenvalue weighted by atomic mass is 16.3. The largest absolute Gasteiger partial charge is 0.394 e. The number of aliphatic hydroxyl groups excluding tert-OH is 1. The summed E-state index contributed by atoms with van der Waals surface area (Å²) >= 11 is 0. The van der Waals surface area contributed by atoms with Crippen LogP contribution in [0.25, 0.3) is 0 Å². The molecule has 438 valence electrons. The lowest BCUT2D eigenvalue weighted by atomic mass is 10.0. The zero-order valence-electron chi connectivity index (χ0n) is 46.9. The molecule has 0 spiro atoms. The first kappa shape index (κ1) is 69.1. The van der Waals surface area contributed by atoms with Gasteiger partial charge in [-0.1, -0.05) is 128 Å². The molecule has 0 saturated carbocycles. The molecule has 0 unspecified atom stereocenters. The molecule has 22 nitrogen and oxygen atoms in total. The lowest BCUT2D eigenvalue weighted by molar-refractivity contribution is -0.136. The van der Waals surface area contributed by atoms with Gasteiger partial charge < -0.3 is 71.0 Å². The lowest BCUT2D eigenvalue weighted by Crippen LogP contribution is -2.60. The van der Waals surface area contributed by atoms with Gasteiger partial charge in [0, 0.05) is 19.4 Å². The van der Waals surface area contributed by atoms with Crippen LogP contribution in [0.4, 0.5) is 0 Å². The molecular formula is C55H99N13O9. The molecule has 22 heteroatoms. The second kappa shape index (κ2) is 42.2. The zero-order valence-corrected chi connectivity index (χ0v) is 46.9. The van der Waals surface area contributed by atoms with E-state index in [1.807, 2.05) is 19.9 Å². The van der Waals surface area contributed by atoms with Gasteiger partial charge in [0.2, 0.25) is 47.3 Å². The van der Waals surface area contributed by atoms with E-state index in [1.54, 1.807) is 24.3 Å². The first-order chi connectivity index (χ1) is 36.9. The first-order valence-corrected chi connectivity index (χ1v) is 28.4. The number of nitrogens with zero attached hydrogens (tertiary/aromatic N) is 1. The Balaban J connectivity index is 3.09. The van der Waals surface area contributed by atoms with Gasteiger partial charge in [-0.3, -0.25) is 43.3 Å². The van der Waals surface area contributed by atoms with Crippen molar-refractivity contribution in [3.63, 3.8) is 0 Å². The third kappa shape index (κ3) is 32.5. The van der Waals surface area contributed by atoms with Crippen LogP contribution in [0.1, 0.15) is 181 Å². The van der Waals surface area contributed by atoms with E-state index < -0.39 is 90.3 Å². The van der Waals surface area contributed by atoms with Gasteiger partial charge in [-0.15, -0.1) is 0 Å². The Morgan fingerprint density at radius 3 is 1.40 bits per heavy atom. The number of guanidine groups is 1. The average molecular weight is 1090 g/mol. The van der Waals surface area contributed by atoms with Crippen molar-refractivity contribution in [3.8, 4) is 0 Å². The maximum absolute atomic E-state index is 13.9. The molecule has 7 atom stereocenters. The van der Waals surface area contributed by atoms with Crippen LogP contribution in [0.3, 0.4) is 0 Å². The number of rotatable bonds is 45. The van der Waals surface area contributed by atoms with Crippen molar-refractivity contribution in [1.29, 1.82) is 0 Å². The molecule has 1 aromatic carbocycles. The number of primary amides is 1. The lowest BCUT2D eigenvalue weighted by Gasteiger charge is -2.27. The van der Waals surface area contributed by atoms with Gasteiger partial charge >= 0.3 is 0 Å². The van der Waals surface area contributed by atoms with E-state index in [0.717, 1.165) is 24.8 Å². The molecule has 77 heavy (non-hydrogen) atoms. The Morgan fingerprint density at radius 1 is 0.494 bits per heavy atom. The van der Waals surface area contributed by atoms with Crippen LogP contribution in [-0.4, -0.2) is 127 Å². The van der Waals surface area contributed by atoms with Crippen LogP contribution in [0.5, 0.6) is 0 Å². The quantitative estimate of drug-likeness (QED) is 0.0253. The van der Waals surface area contributed by atoms with E-state index in [2.05, 4.69) is 49.1 Å². The number of nitrogens with two attached hydrogens (primary N) is 5. The molecule has 18 N–H and O–H groups in total. The second-order valence-corrected chi connectivity index (χ2v) is 20.6. The average Bonchev–Trinajstić information content (AvgIpc) is 3.38. The van der Waals surface area contributed by atoms with E-state index in [4.69, 9.17) is 28.7 Å². The number of benzene rings is 1. The summed E-state index contributed by atoms with van der Waals surface area (Å²) in [4.78, 5) is 112. The van der Waals surface area contributed by atoms with Crippen molar-refractivity contribution in [2.75, 3.05) is 26.2 Å². The van der Waals surface area contributed by atoms with Crippen LogP contribution in [0, 0.1) is 5.92 Å². The van der Waals surface area contributed by atoms with E-state index in [-0.39, 0.29) is 69.3 Å². The van der Waals surface area contributed by atoms with E-state index >= 15 is 0 Å². The standard InChI is InChI=1S/C55H99N13O9/c1-5-6-7-8-9-10-11-12-13-14-15-16-20-31-47(70)63-41(28-21-23-32-56)51(74)64-42(29-22-24-33-57)52(75)68-46(37-69)54(77)65-43(30-25-34-61-55(59)60)50(73)62-39(4)49(72)67-45(35-38(2)3)53(76)66-44(48(58)71)36-40-26-18-17-19-27-40/h17-19,26-27,38-39,41-46,69H,5-16,20-25,28-37,56-57H2,1-4H3,(H2,58,71)(H,62,73)(H,63,70)(H,64,74)(H,65,77)(H,66,76)(H,67,72)(H,68,75)(H4,59,60,61)/t39-,41-,42-,43-,44-,45+,46-/m0/s1. The number of carbonyl (C=O) groups excluding carboxylic acids is 8. The molecule has 0 heterocycles. The fraction of sp³-hybridized carbons (Fsp3) is 0.727. The molecule has 0 aromatic heterocycles. The topological polar surface area (TPSA) is 383 Å². The minimum absolute atomic E-state index is 0.0581. The van der Waals surface area contributed by atoms with Crippen molar-refractivity contribution in [3.05, 3.63) is 35.9 Å². The number of aliphatic hydroxyl groups is 1. The van der Waals surface area contributed by atoms with Crippen molar-refractivity contribution < 1.29 is 43.5 Å². The van der Waals surface area contributed by atoms with E-state index in [9.17, 15) is 43.5 Å². The van der Waals surface area contributed by atoms with Crippen LogP contribution >= 0.6 is 0 Å². The third-order valence-corrected chi connectivity index (χ3v) is 13.1. The predicted octanol–water partition coefficient (Wildman–Crippen LogP) is 1.96. The van der Waals surface area contributed by atoms with Gasteiger partial charge in [0.15, 0.2) is 5.96 Å². The summed E-state index contributed by atoms with van der Waals surface area (Å²) in [6, 6.07) is 0.393. The molecule has 0 aliphatic heterocycles. The summed E-state index contributed by atoms with van der Waals surface area (Å²) in [6.07, 6.45) is 18.3. The first-order valence-electron chi connectivity index (χ1n) is 28.4. The van der Waals surface area contributed by atoms with Gasteiger partial charge in [-0.05, 0) is 95.7 Å². The van der Waals surface area contributed by atoms with Gasteiger partial charge in [-0.2, -0.15) is 0 Å². The van der Waals surface area contributed by atoms with Crippen LogP contribution in [0.2, 0.25) is 0 Å². The molecule has 0 fully saturated rings. The van der Waals surface area contributed by atoms with Crippen LogP contribution < -0.4 is 65.9 Å². The summed E-state index contributed by atoms with van der Waals surface area (Å²) < 4.78 is 0. The number of nitrogens with one attached hydrogen (secondary N) is 7. The molecule has 0 aliphatic rings. The molecule has 0 radical (unpaired) electrons. The van der Waals surface area contributed by atoms with Gasteiger partial charge in [0.05, 0.1) is 6.61 Å². The third-order valence-electron chi connectivity index (χ3n) is 13.1. The summed E-state index contributed by atoms with van der Waals surface area (Å²) in [5.41, 5.74) is 28.9. The predicted molar refractivity (Wildman–Crippen MR) is 301 cm³/mol. The Bertz CT molecular complexity index is 1900. The monoisotopic (exact) mass is 1090 g/mol. The number of hydrogen-bond donors (Lipinski definition) is 13. The minimum atomic E-state index is -1.60. The van der Waals surface area contributed by atoms with Crippen molar-refractivity contribution in [2.45, 2.75) is 224 Å². The number of amides is 8. The second-order valence-electron chi connectivity index (χ2n) is 20.6. The number of hydrogen-bond acceptors (Lipinski definition) is 12. The normalized spacial score (nSPS) is 13.9. The number of carbonyl (C=O) groups is 8. The number of aliphatic imine (C=N–C) groups is 1. The molecule has 1 rings (SSSR count). The van der Waals surface area contributed by atoms with Crippen molar-refractivity contribution in [2.24, 2.45) is 39.6 Å². The summed E-state index contributed by atoms with van der Waals surface area (Å²) in [6.45, 7) is 7.15. The van der Waals surface area contributed by atoms with Crippen LogP contribution in [-0.2, 0) is 44.8 Å². The van der Waals surface area contributed by atoms with E-state index in [1.165, 1.54) is 64.7 Å².